The molecule has 0 spiro atoms. The number of sulfonamides is 1. The molecular formula is C26H35N3O5S. The van der Waals surface area contributed by atoms with Crippen LogP contribution in [0.5, 0.6) is 11.5 Å². The molecule has 2 aromatic carbocycles. The van der Waals surface area contributed by atoms with E-state index in [4.69, 9.17) is 20.5 Å². The van der Waals surface area contributed by atoms with Crippen LogP contribution in [0.4, 0.5) is 0 Å². The summed E-state index contributed by atoms with van der Waals surface area (Å²) in [7, 11) is -3.98. The summed E-state index contributed by atoms with van der Waals surface area (Å²) in [6.45, 7) is 4.71. The summed E-state index contributed by atoms with van der Waals surface area (Å²) in [4.78, 5) is 0.0680. The Morgan fingerprint density at radius 1 is 1.14 bits per heavy atom. The molecular weight excluding hydrogens is 466 g/mol. The third-order valence-corrected chi connectivity index (χ3v) is 7.90. The maximum atomic E-state index is 13.8. The van der Waals surface area contributed by atoms with Crippen LogP contribution in [0, 0.1) is 16.7 Å². The molecule has 1 aliphatic heterocycles. The summed E-state index contributed by atoms with van der Waals surface area (Å²) >= 11 is 0. The van der Waals surface area contributed by atoms with Crippen molar-refractivity contribution in [3.8, 4) is 17.6 Å². The molecule has 1 heterocycles. The number of rotatable bonds is 12. The molecule has 0 amide bonds. The molecule has 0 unspecified atom stereocenters. The summed E-state index contributed by atoms with van der Waals surface area (Å²) in [6.07, 6.45) is 1.09. The molecule has 3 rings (SSSR count). The molecule has 1 aliphatic rings. The van der Waals surface area contributed by atoms with Crippen molar-refractivity contribution < 1.29 is 23.0 Å². The van der Waals surface area contributed by atoms with Crippen molar-refractivity contribution >= 4 is 10.0 Å². The van der Waals surface area contributed by atoms with Gasteiger partial charge < -0.3 is 20.3 Å². The van der Waals surface area contributed by atoms with Gasteiger partial charge in [-0.25, -0.2) is 8.42 Å². The van der Waals surface area contributed by atoms with Crippen molar-refractivity contribution in [1.29, 1.82) is 5.26 Å². The number of fused-ring (bicyclic) bond motifs is 1. The molecule has 8 nitrogen and oxygen atoms in total. The van der Waals surface area contributed by atoms with Gasteiger partial charge in [0.05, 0.1) is 17.1 Å². The van der Waals surface area contributed by atoms with E-state index in [9.17, 15) is 13.5 Å². The first-order valence-corrected chi connectivity index (χ1v) is 13.3. The molecule has 0 saturated carbocycles. The third kappa shape index (κ3) is 7.42. The smallest absolute Gasteiger partial charge is 0.243 e. The summed E-state index contributed by atoms with van der Waals surface area (Å²) < 4.78 is 39.9. The number of ether oxygens (including phenoxy) is 2. The molecule has 35 heavy (non-hydrogen) atoms. The first-order valence-electron chi connectivity index (χ1n) is 11.9. The predicted octanol–water partition coefficient (Wildman–Crippen LogP) is 3.10. The van der Waals surface area contributed by atoms with Gasteiger partial charge in [0.2, 0.25) is 10.0 Å². The van der Waals surface area contributed by atoms with Crippen molar-refractivity contribution in [1.82, 2.24) is 4.31 Å². The van der Waals surface area contributed by atoms with Crippen LogP contribution in [0.3, 0.4) is 0 Å². The lowest BCUT2D eigenvalue weighted by molar-refractivity contribution is 0.106. The van der Waals surface area contributed by atoms with Crippen LogP contribution in [0.25, 0.3) is 0 Å². The molecule has 9 heteroatoms. The topological polar surface area (TPSA) is 126 Å². The second kappa shape index (κ2) is 11.9. The molecule has 3 N–H and O–H groups in total. The van der Waals surface area contributed by atoms with E-state index >= 15 is 0 Å². The van der Waals surface area contributed by atoms with Gasteiger partial charge >= 0.3 is 0 Å². The van der Waals surface area contributed by atoms with Gasteiger partial charge in [-0.3, -0.25) is 0 Å². The van der Waals surface area contributed by atoms with E-state index in [2.05, 4.69) is 6.07 Å². The molecule has 190 valence electrons. The Morgan fingerprint density at radius 3 is 2.51 bits per heavy atom. The average molecular weight is 502 g/mol. The van der Waals surface area contributed by atoms with Crippen molar-refractivity contribution in [2.75, 3.05) is 26.3 Å². The maximum Gasteiger partial charge on any atom is 0.243 e. The number of benzene rings is 2. The highest BCUT2D eigenvalue weighted by molar-refractivity contribution is 7.89. The zero-order valence-corrected chi connectivity index (χ0v) is 21.2. The number of nitrogens with two attached hydrogens (primary N) is 1. The van der Waals surface area contributed by atoms with Crippen LogP contribution < -0.4 is 15.2 Å². The summed E-state index contributed by atoms with van der Waals surface area (Å²) in [6, 6.07) is 15.6. The molecule has 0 radical (unpaired) electrons. The predicted molar refractivity (Wildman–Crippen MR) is 134 cm³/mol. The lowest BCUT2D eigenvalue weighted by atomic mass is 9.87. The Labute approximate surface area is 208 Å². The minimum Gasteiger partial charge on any atom is -0.486 e. The molecule has 2 aromatic rings. The first-order chi connectivity index (χ1) is 16.6. The maximum absolute atomic E-state index is 13.8. The number of nitriles is 1. The van der Waals surface area contributed by atoms with E-state index in [-0.39, 0.29) is 18.0 Å². The Kier molecular flexibility index (Phi) is 9.14. The van der Waals surface area contributed by atoms with Gasteiger partial charge in [-0.05, 0) is 42.4 Å². The highest BCUT2D eigenvalue weighted by Gasteiger charge is 2.34. The summed E-state index contributed by atoms with van der Waals surface area (Å²) in [5.74, 6) is 0.885. The molecule has 0 bridgehead atoms. The van der Waals surface area contributed by atoms with Crippen molar-refractivity contribution in [2.24, 2.45) is 11.1 Å². The Bertz CT molecular complexity index is 1120. The van der Waals surface area contributed by atoms with Gasteiger partial charge in [-0.15, -0.1) is 0 Å². The fraction of sp³-hybridized carbons (Fsp3) is 0.500. The van der Waals surface area contributed by atoms with E-state index < -0.39 is 27.6 Å². The van der Waals surface area contributed by atoms with Crippen LogP contribution in [-0.2, 0) is 16.4 Å². The largest absolute Gasteiger partial charge is 0.486 e. The van der Waals surface area contributed by atoms with E-state index in [1.54, 1.807) is 6.07 Å². The third-order valence-electron chi connectivity index (χ3n) is 6.10. The Balaban J connectivity index is 1.84. The van der Waals surface area contributed by atoms with Gasteiger partial charge in [0.15, 0.2) is 11.5 Å². The second-order valence-electron chi connectivity index (χ2n) is 9.70. The van der Waals surface area contributed by atoms with Crippen molar-refractivity contribution in [3.63, 3.8) is 0 Å². The molecule has 0 aliphatic carbocycles. The van der Waals surface area contributed by atoms with E-state index in [1.807, 2.05) is 44.2 Å². The Morgan fingerprint density at radius 2 is 1.83 bits per heavy atom. The summed E-state index contributed by atoms with van der Waals surface area (Å²) in [5.41, 5.74) is 6.84. The number of unbranched alkanes of at least 4 members (excludes halogenated alkanes) is 1. The zero-order valence-electron chi connectivity index (χ0n) is 20.4. The van der Waals surface area contributed by atoms with Crippen LogP contribution in [0.1, 0.15) is 38.7 Å². The van der Waals surface area contributed by atoms with Crippen LogP contribution >= 0.6 is 0 Å². The van der Waals surface area contributed by atoms with Crippen LogP contribution in [0.2, 0.25) is 0 Å². The van der Waals surface area contributed by atoms with Crippen molar-refractivity contribution in [2.45, 2.75) is 56.6 Å². The van der Waals surface area contributed by atoms with Crippen LogP contribution in [-0.4, -0.2) is 56.3 Å². The van der Waals surface area contributed by atoms with Gasteiger partial charge in [-0.1, -0.05) is 44.2 Å². The minimum atomic E-state index is -3.98. The Hall–Kier alpha value is -2.64. The number of hydrogen-bond acceptors (Lipinski definition) is 7. The van der Waals surface area contributed by atoms with Gasteiger partial charge in [0.25, 0.3) is 0 Å². The van der Waals surface area contributed by atoms with Crippen molar-refractivity contribution in [3.05, 3.63) is 54.1 Å². The molecule has 0 aromatic heterocycles. The SMILES string of the molecule is CC(C)(CCCC#N)CN(C[C@@H](O)[C@@H](N)Cc1ccccc1)S(=O)(=O)c1ccc2c(c1)OCCO2. The monoisotopic (exact) mass is 501 g/mol. The zero-order chi connectivity index (χ0) is 25.5. The van der Waals surface area contributed by atoms with E-state index in [0.717, 1.165) is 5.56 Å². The lowest BCUT2D eigenvalue weighted by Gasteiger charge is -2.34. The quantitative estimate of drug-likeness (QED) is 0.428. The average Bonchev–Trinajstić information content (AvgIpc) is 2.83. The standard InChI is InChI=1S/C26H35N3O5S/c1-26(2,12-6-7-13-27)19-29(18-23(30)22(28)16-20-8-4-3-5-9-20)35(31,32)21-10-11-24-25(17-21)34-15-14-33-24/h3-5,8-11,17,22-23,30H,6-7,12,14-16,18-19,28H2,1-2H3/t22-,23+/m0/s1. The van der Waals surface area contributed by atoms with Crippen LogP contribution in [0.15, 0.2) is 53.4 Å². The first kappa shape index (κ1) is 27.0. The number of aliphatic hydroxyl groups is 1. The normalized spacial score (nSPS) is 15.4. The fourth-order valence-corrected chi connectivity index (χ4v) is 5.81. The van der Waals surface area contributed by atoms with Gasteiger partial charge in [0, 0.05) is 31.6 Å². The van der Waals surface area contributed by atoms with E-state index in [0.29, 0.717) is 50.4 Å². The molecule has 0 fully saturated rings. The number of aliphatic hydroxyl groups excluding tert-OH is 1. The fourth-order valence-electron chi connectivity index (χ4n) is 4.15. The summed E-state index contributed by atoms with van der Waals surface area (Å²) in [5, 5.41) is 19.8. The second-order valence-corrected chi connectivity index (χ2v) is 11.6. The number of hydrogen-bond donors (Lipinski definition) is 2. The van der Waals surface area contributed by atoms with Gasteiger partial charge in [0.1, 0.15) is 13.2 Å². The molecule has 0 saturated heterocycles. The van der Waals surface area contributed by atoms with Gasteiger partial charge in [-0.2, -0.15) is 9.57 Å². The highest BCUT2D eigenvalue weighted by atomic mass is 32.2. The number of nitrogens with zero attached hydrogens (tertiary/aromatic N) is 2. The minimum absolute atomic E-state index is 0.0680. The highest BCUT2D eigenvalue weighted by Crippen LogP contribution is 2.34. The lowest BCUT2D eigenvalue weighted by Crippen LogP contribution is -2.49. The van der Waals surface area contributed by atoms with E-state index in [1.165, 1.54) is 16.4 Å². The molecule has 2 atom stereocenters.